The number of hydrogen-bond acceptors (Lipinski definition) is 1. The summed E-state index contributed by atoms with van der Waals surface area (Å²) in [5.41, 5.74) is 1.05. The highest BCUT2D eigenvalue weighted by Crippen LogP contribution is 2.11. The maximum Gasteiger partial charge on any atom is 0.123 e. The van der Waals surface area contributed by atoms with Crippen LogP contribution in [0, 0.1) is 5.82 Å². The average molecular weight is 183 g/mol. The molecule has 0 saturated heterocycles. The number of nitrogens with zero attached hydrogens (tertiary/aromatic N) is 1. The second kappa shape index (κ2) is 6.46. The second-order valence-electron chi connectivity index (χ2n) is 2.49. The summed E-state index contributed by atoms with van der Waals surface area (Å²) in [6.07, 6.45) is 0. The Morgan fingerprint density at radius 1 is 1.15 bits per heavy atom. The first kappa shape index (κ1) is 11.9. The lowest BCUT2D eigenvalue weighted by atomic mass is 10.3. The van der Waals surface area contributed by atoms with Crippen LogP contribution in [0.3, 0.4) is 0 Å². The second-order valence-corrected chi connectivity index (χ2v) is 2.49. The Hall–Kier alpha value is -1.05. The van der Waals surface area contributed by atoms with Crippen molar-refractivity contribution in [2.75, 3.05) is 18.5 Å². The van der Waals surface area contributed by atoms with Crippen LogP contribution in [-0.4, -0.2) is 13.6 Å². The van der Waals surface area contributed by atoms with Gasteiger partial charge < -0.3 is 4.90 Å². The Kier molecular flexibility index (Phi) is 5.94. The molecule has 1 rings (SSSR count). The molecule has 1 aromatic rings. The van der Waals surface area contributed by atoms with E-state index in [9.17, 15) is 4.39 Å². The van der Waals surface area contributed by atoms with Gasteiger partial charge in [-0.15, -0.1) is 0 Å². The first-order valence-corrected chi connectivity index (χ1v) is 4.70. The smallest absolute Gasteiger partial charge is 0.123 e. The molecule has 0 unspecified atom stereocenters. The molecule has 0 heterocycles. The fourth-order valence-corrected chi connectivity index (χ4v) is 0.878. The van der Waals surface area contributed by atoms with Gasteiger partial charge in [0.1, 0.15) is 5.82 Å². The molecular formula is C11H18FN. The van der Waals surface area contributed by atoms with Crippen LogP contribution in [0.2, 0.25) is 0 Å². The summed E-state index contributed by atoms with van der Waals surface area (Å²) in [5.74, 6) is -0.182. The van der Waals surface area contributed by atoms with Gasteiger partial charge in [0.15, 0.2) is 0 Å². The zero-order chi connectivity index (χ0) is 10.3. The van der Waals surface area contributed by atoms with E-state index in [2.05, 4.69) is 11.8 Å². The maximum absolute atomic E-state index is 12.4. The molecule has 1 nitrogen and oxygen atoms in total. The minimum absolute atomic E-state index is 0.182. The Bertz CT molecular complexity index is 218. The number of halogens is 1. The zero-order valence-electron chi connectivity index (χ0n) is 8.84. The molecule has 13 heavy (non-hydrogen) atoms. The van der Waals surface area contributed by atoms with Gasteiger partial charge in [-0.25, -0.2) is 4.39 Å². The van der Waals surface area contributed by atoms with Gasteiger partial charge in [0.2, 0.25) is 0 Å². The third-order valence-electron chi connectivity index (χ3n) is 1.74. The van der Waals surface area contributed by atoms with Crippen LogP contribution in [0.25, 0.3) is 0 Å². The minimum Gasteiger partial charge on any atom is -0.375 e. The van der Waals surface area contributed by atoms with Crippen molar-refractivity contribution < 1.29 is 4.39 Å². The summed E-state index contributed by atoms with van der Waals surface area (Å²) in [7, 11) is 1.98. The van der Waals surface area contributed by atoms with Gasteiger partial charge in [0.05, 0.1) is 0 Å². The number of rotatable bonds is 2. The molecule has 0 radical (unpaired) electrons. The van der Waals surface area contributed by atoms with Crippen molar-refractivity contribution in [2.24, 2.45) is 0 Å². The van der Waals surface area contributed by atoms with Crippen LogP contribution in [0.1, 0.15) is 20.8 Å². The predicted octanol–water partition coefficient (Wildman–Crippen LogP) is 3.31. The summed E-state index contributed by atoms with van der Waals surface area (Å²) in [6.45, 7) is 7.00. The Morgan fingerprint density at radius 2 is 1.62 bits per heavy atom. The summed E-state index contributed by atoms with van der Waals surface area (Å²) in [4.78, 5) is 2.06. The summed E-state index contributed by atoms with van der Waals surface area (Å²) >= 11 is 0. The van der Waals surface area contributed by atoms with Crippen LogP contribution in [0.15, 0.2) is 24.3 Å². The summed E-state index contributed by atoms with van der Waals surface area (Å²) in [6, 6.07) is 6.50. The summed E-state index contributed by atoms with van der Waals surface area (Å²) in [5, 5.41) is 0. The van der Waals surface area contributed by atoms with E-state index in [4.69, 9.17) is 0 Å². The average Bonchev–Trinajstić information content (AvgIpc) is 2.21. The Labute approximate surface area is 80.2 Å². The standard InChI is InChI=1S/C9H12FN.C2H6/c1-3-11(2)9-6-4-8(10)5-7-9;1-2/h4-7H,3H2,1-2H3;1-2H3. The third kappa shape index (κ3) is 3.92. The molecule has 0 atom stereocenters. The van der Waals surface area contributed by atoms with E-state index in [0.29, 0.717) is 0 Å². The van der Waals surface area contributed by atoms with Gasteiger partial charge in [0, 0.05) is 19.3 Å². The molecule has 0 aliphatic rings. The van der Waals surface area contributed by atoms with Gasteiger partial charge in [-0.3, -0.25) is 0 Å². The van der Waals surface area contributed by atoms with Gasteiger partial charge >= 0.3 is 0 Å². The number of benzene rings is 1. The largest absolute Gasteiger partial charge is 0.375 e. The van der Waals surface area contributed by atoms with E-state index < -0.39 is 0 Å². The maximum atomic E-state index is 12.4. The number of anilines is 1. The highest BCUT2D eigenvalue weighted by molar-refractivity contribution is 5.44. The monoisotopic (exact) mass is 183 g/mol. The van der Waals surface area contributed by atoms with Crippen molar-refractivity contribution in [1.29, 1.82) is 0 Å². The highest BCUT2D eigenvalue weighted by atomic mass is 19.1. The van der Waals surface area contributed by atoms with E-state index in [1.807, 2.05) is 20.9 Å². The SMILES string of the molecule is CC.CCN(C)c1ccc(F)cc1. The molecule has 0 spiro atoms. The van der Waals surface area contributed by atoms with Crippen molar-refractivity contribution >= 4 is 5.69 Å². The first-order valence-electron chi connectivity index (χ1n) is 4.70. The third-order valence-corrected chi connectivity index (χ3v) is 1.74. The molecule has 74 valence electrons. The summed E-state index contributed by atoms with van der Waals surface area (Å²) < 4.78 is 12.4. The zero-order valence-corrected chi connectivity index (χ0v) is 8.84. The van der Waals surface area contributed by atoms with E-state index in [-0.39, 0.29) is 5.82 Å². The molecule has 0 aliphatic heterocycles. The van der Waals surface area contributed by atoms with Crippen molar-refractivity contribution in [3.05, 3.63) is 30.1 Å². The lowest BCUT2D eigenvalue weighted by molar-refractivity contribution is 0.627. The Balaban J connectivity index is 0.000000671. The van der Waals surface area contributed by atoms with Crippen LogP contribution < -0.4 is 4.90 Å². The molecule has 0 aromatic heterocycles. The number of hydrogen-bond donors (Lipinski definition) is 0. The lowest BCUT2D eigenvalue weighted by Gasteiger charge is -2.15. The van der Waals surface area contributed by atoms with E-state index >= 15 is 0 Å². The van der Waals surface area contributed by atoms with Gasteiger partial charge in [-0.1, -0.05) is 13.8 Å². The van der Waals surface area contributed by atoms with Crippen molar-refractivity contribution in [3.63, 3.8) is 0 Å². The van der Waals surface area contributed by atoms with Gasteiger partial charge in [-0.05, 0) is 31.2 Å². The molecule has 0 bridgehead atoms. The van der Waals surface area contributed by atoms with E-state index in [1.165, 1.54) is 12.1 Å². The molecule has 0 N–H and O–H groups in total. The van der Waals surface area contributed by atoms with Crippen molar-refractivity contribution in [3.8, 4) is 0 Å². The van der Waals surface area contributed by atoms with Crippen LogP contribution in [-0.2, 0) is 0 Å². The van der Waals surface area contributed by atoms with Crippen LogP contribution in [0.5, 0.6) is 0 Å². The Morgan fingerprint density at radius 3 is 2.00 bits per heavy atom. The molecule has 0 aliphatic carbocycles. The lowest BCUT2D eigenvalue weighted by Crippen LogP contribution is -2.15. The van der Waals surface area contributed by atoms with Gasteiger partial charge in [0.25, 0.3) is 0 Å². The quantitative estimate of drug-likeness (QED) is 0.680. The fourth-order valence-electron chi connectivity index (χ4n) is 0.878. The molecule has 0 amide bonds. The fraction of sp³-hybridized carbons (Fsp3) is 0.455. The van der Waals surface area contributed by atoms with Crippen molar-refractivity contribution in [2.45, 2.75) is 20.8 Å². The predicted molar refractivity (Wildman–Crippen MR) is 56.7 cm³/mol. The van der Waals surface area contributed by atoms with Crippen LogP contribution in [0.4, 0.5) is 10.1 Å². The minimum atomic E-state index is -0.182. The van der Waals surface area contributed by atoms with Crippen molar-refractivity contribution in [1.82, 2.24) is 0 Å². The molecule has 1 aromatic carbocycles. The van der Waals surface area contributed by atoms with Crippen LogP contribution >= 0.6 is 0 Å². The topological polar surface area (TPSA) is 3.24 Å². The molecule has 0 saturated carbocycles. The molecule has 0 fully saturated rings. The first-order chi connectivity index (χ1) is 6.24. The normalized spacial score (nSPS) is 8.69. The highest BCUT2D eigenvalue weighted by Gasteiger charge is 1.96. The molecule has 2 heteroatoms. The van der Waals surface area contributed by atoms with E-state index in [1.54, 1.807) is 12.1 Å². The molecular weight excluding hydrogens is 165 g/mol. The van der Waals surface area contributed by atoms with Gasteiger partial charge in [-0.2, -0.15) is 0 Å². The van der Waals surface area contributed by atoms with E-state index in [0.717, 1.165) is 12.2 Å².